The third kappa shape index (κ3) is 3.64. The quantitative estimate of drug-likeness (QED) is 0.815. The lowest BCUT2D eigenvalue weighted by Gasteiger charge is -2.50. The molecule has 0 bridgehead atoms. The highest BCUT2D eigenvalue weighted by atomic mass is 16.6. The molecule has 0 aliphatic carbocycles. The number of carbonyl (C=O) groups is 1. The van der Waals surface area contributed by atoms with E-state index in [1.165, 1.54) is 0 Å². The van der Waals surface area contributed by atoms with Crippen LogP contribution in [0, 0.1) is 5.92 Å². The van der Waals surface area contributed by atoms with Crippen molar-refractivity contribution >= 4 is 6.09 Å². The molecular weight excluding hydrogens is 256 g/mol. The zero-order valence-corrected chi connectivity index (χ0v) is 13.7. The molecule has 0 aromatic heterocycles. The van der Waals surface area contributed by atoms with E-state index in [-0.39, 0.29) is 18.6 Å². The Morgan fingerprint density at radius 3 is 2.35 bits per heavy atom. The van der Waals surface area contributed by atoms with Gasteiger partial charge in [-0.1, -0.05) is 13.8 Å². The first-order valence-electron chi connectivity index (χ1n) is 7.38. The molecule has 1 fully saturated rings. The molecule has 0 aromatic carbocycles. The Morgan fingerprint density at radius 1 is 1.35 bits per heavy atom. The summed E-state index contributed by atoms with van der Waals surface area (Å²) in [6, 6.07) is 0. The molecule has 1 saturated heterocycles. The summed E-state index contributed by atoms with van der Waals surface area (Å²) in [7, 11) is 0. The van der Waals surface area contributed by atoms with Crippen molar-refractivity contribution in [2.24, 2.45) is 11.7 Å². The third-order valence-electron chi connectivity index (χ3n) is 4.32. The van der Waals surface area contributed by atoms with Gasteiger partial charge in [0.05, 0.1) is 6.54 Å². The van der Waals surface area contributed by atoms with Crippen molar-refractivity contribution in [2.45, 2.75) is 71.1 Å². The number of ether oxygens (including phenoxy) is 1. The average Bonchev–Trinajstić information content (AvgIpc) is 2.26. The molecule has 20 heavy (non-hydrogen) atoms. The maximum absolute atomic E-state index is 12.2. The molecule has 2 atom stereocenters. The maximum atomic E-state index is 12.2. The van der Waals surface area contributed by atoms with E-state index in [9.17, 15) is 9.90 Å². The summed E-state index contributed by atoms with van der Waals surface area (Å²) in [5.41, 5.74) is 3.98. The van der Waals surface area contributed by atoms with Gasteiger partial charge in [-0.05, 0) is 46.5 Å². The highest BCUT2D eigenvalue weighted by Crippen LogP contribution is 2.35. The van der Waals surface area contributed by atoms with Crippen LogP contribution in [-0.4, -0.2) is 45.9 Å². The van der Waals surface area contributed by atoms with Gasteiger partial charge in [-0.25, -0.2) is 4.79 Å². The predicted octanol–water partition coefficient (Wildman–Crippen LogP) is 2.12. The minimum Gasteiger partial charge on any atom is -0.444 e. The maximum Gasteiger partial charge on any atom is 0.410 e. The van der Waals surface area contributed by atoms with Crippen LogP contribution in [0.1, 0.15) is 54.4 Å². The molecule has 2 unspecified atom stereocenters. The fourth-order valence-corrected chi connectivity index (χ4v) is 2.50. The summed E-state index contributed by atoms with van der Waals surface area (Å²) in [6.07, 6.45) is 0.961. The van der Waals surface area contributed by atoms with Gasteiger partial charge in [-0.15, -0.1) is 0 Å². The molecule has 0 saturated carbocycles. The Kier molecular flexibility index (Phi) is 4.76. The summed E-state index contributed by atoms with van der Waals surface area (Å²) in [4.78, 5) is 13.7. The van der Waals surface area contributed by atoms with Crippen LogP contribution in [0.25, 0.3) is 0 Å². The van der Waals surface area contributed by atoms with Crippen molar-refractivity contribution < 1.29 is 14.6 Å². The topological polar surface area (TPSA) is 75.8 Å². The van der Waals surface area contributed by atoms with Gasteiger partial charge >= 0.3 is 6.09 Å². The first-order chi connectivity index (χ1) is 8.89. The van der Waals surface area contributed by atoms with Gasteiger partial charge in [0, 0.05) is 12.1 Å². The van der Waals surface area contributed by atoms with Gasteiger partial charge < -0.3 is 20.5 Å². The van der Waals surface area contributed by atoms with Crippen molar-refractivity contribution in [3.05, 3.63) is 0 Å². The van der Waals surface area contributed by atoms with Gasteiger partial charge in [0.2, 0.25) is 0 Å². The highest BCUT2D eigenvalue weighted by molar-refractivity contribution is 5.68. The van der Waals surface area contributed by atoms with Crippen molar-refractivity contribution in [1.82, 2.24) is 4.90 Å². The minimum absolute atomic E-state index is 0.117. The molecule has 1 aliphatic rings. The number of piperidine rings is 1. The Hall–Kier alpha value is -0.810. The van der Waals surface area contributed by atoms with Crippen molar-refractivity contribution in [3.8, 4) is 0 Å². The third-order valence-corrected chi connectivity index (χ3v) is 4.32. The number of β-amino-alcohol motifs (C(OH)–C–C–N with tert-alkyl or cyclic N) is 1. The Bertz CT molecular complexity index is 361. The molecule has 118 valence electrons. The normalized spacial score (nSPS) is 27.4. The molecule has 5 nitrogen and oxygen atoms in total. The smallest absolute Gasteiger partial charge is 0.410 e. The second kappa shape index (κ2) is 5.53. The van der Waals surface area contributed by atoms with E-state index in [0.29, 0.717) is 13.0 Å². The number of carbonyl (C=O) groups excluding carboxylic acids is 1. The summed E-state index contributed by atoms with van der Waals surface area (Å²) < 4.78 is 5.38. The predicted molar refractivity (Wildman–Crippen MR) is 79.4 cm³/mol. The van der Waals surface area contributed by atoms with E-state index in [2.05, 4.69) is 0 Å². The van der Waals surface area contributed by atoms with Crippen LogP contribution < -0.4 is 5.73 Å². The zero-order valence-electron chi connectivity index (χ0n) is 13.7. The fraction of sp³-hybridized carbons (Fsp3) is 0.933. The minimum atomic E-state index is -1.07. The van der Waals surface area contributed by atoms with Gasteiger partial charge in [0.1, 0.15) is 11.2 Å². The van der Waals surface area contributed by atoms with Crippen LogP contribution >= 0.6 is 0 Å². The highest BCUT2D eigenvalue weighted by Gasteiger charge is 2.49. The van der Waals surface area contributed by atoms with E-state index in [1.54, 1.807) is 4.90 Å². The lowest BCUT2D eigenvalue weighted by atomic mass is 9.70. The molecule has 1 heterocycles. The van der Waals surface area contributed by atoms with Gasteiger partial charge in [0.15, 0.2) is 0 Å². The van der Waals surface area contributed by atoms with Crippen LogP contribution in [0.2, 0.25) is 0 Å². The summed E-state index contributed by atoms with van der Waals surface area (Å²) in [5, 5.41) is 10.9. The SMILES string of the molecule is CC(C)C(C)(N)C1(O)CCCN(C(=O)OC(C)(C)C)C1. The molecule has 5 heteroatoms. The van der Waals surface area contributed by atoms with Crippen LogP contribution in [-0.2, 0) is 4.74 Å². The van der Waals surface area contributed by atoms with Gasteiger partial charge in [-0.3, -0.25) is 0 Å². The van der Waals surface area contributed by atoms with E-state index < -0.39 is 16.7 Å². The lowest BCUT2D eigenvalue weighted by molar-refractivity contribution is -0.0963. The molecule has 0 spiro atoms. The van der Waals surface area contributed by atoms with Crippen LogP contribution in [0.5, 0.6) is 0 Å². The van der Waals surface area contributed by atoms with E-state index in [1.807, 2.05) is 41.5 Å². The molecule has 3 N–H and O–H groups in total. The Labute approximate surface area is 122 Å². The van der Waals surface area contributed by atoms with E-state index in [4.69, 9.17) is 10.5 Å². The van der Waals surface area contributed by atoms with Gasteiger partial charge in [0.25, 0.3) is 0 Å². The number of amides is 1. The number of hydrogen-bond acceptors (Lipinski definition) is 4. The number of nitrogens with zero attached hydrogens (tertiary/aromatic N) is 1. The number of hydrogen-bond donors (Lipinski definition) is 2. The molecule has 0 aromatic rings. The van der Waals surface area contributed by atoms with Crippen LogP contribution in [0.3, 0.4) is 0 Å². The molecule has 1 aliphatic heterocycles. The first-order valence-corrected chi connectivity index (χ1v) is 7.38. The summed E-state index contributed by atoms with van der Waals surface area (Å²) in [6.45, 7) is 12.2. The first kappa shape index (κ1) is 17.2. The monoisotopic (exact) mass is 286 g/mol. The molecule has 1 amide bonds. The number of nitrogens with two attached hydrogens (primary N) is 1. The van der Waals surface area contributed by atoms with E-state index in [0.717, 1.165) is 6.42 Å². The van der Waals surface area contributed by atoms with Crippen molar-refractivity contribution in [3.63, 3.8) is 0 Å². The largest absolute Gasteiger partial charge is 0.444 e. The number of rotatable bonds is 2. The number of likely N-dealkylation sites (tertiary alicyclic amines) is 1. The molecule has 0 radical (unpaired) electrons. The Balaban J connectivity index is 2.84. The Morgan fingerprint density at radius 2 is 1.90 bits per heavy atom. The standard InChI is InChI=1S/C15H30N2O3/c1-11(2)14(6,16)15(19)8-7-9-17(10-15)12(18)20-13(3,4)5/h11,19H,7-10,16H2,1-6H3. The molecule has 1 rings (SSSR count). The zero-order chi connectivity index (χ0) is 15.8. The molecular formula is C15H30N2O3. The second-order valence-corrected chi connectivity index (χ2v) is 7.47. The van der Waals surface area contributed by atoms with Crippen LogP contribution in [0.15, 0.2) is 0 Å². The number of aliphatic hydroxyl groups is 1. The van der Waals surface area contributed by atoms with Gasteiger partial charge in [-0.2, -0.15) is 0 Å². The fourth-order valence-electron chi connectivity index (χ4n) is 2.50. The van der Waals surface area contributed by atoms with E-state index >= 15 is 0 Å². The lowest BCUT2D eigenvalue weighted by Crippen LogP contribution is -2.68. The van der Waals surface area contributed by atoms with Crippen molar-refractivity contribution in [2.75, 3.05) is 13.1 Å². The average molecular weight is 286 g/mol. The van der Waals surface area contributed by atoms with Crippen LogP contribution in [0.4, 0.5) is 4.79 Å². The second-order valence-electron chi connectivity index (χ2n) is 7.47. The van der Waals surface area contributed by atoms with Crippen molar-refractivity contribution in [1.29, 1.82) is 0 Å². The summed E-state index contributed by atoms with van der Waals surface area (Å²) >= 11 is 0. The summed E-state index contributed by atoms with van der Waals surface area (Å²) in [5.74, 6) is 0.117.